The molecule has 0 aliphatic heterocycles. The van der Waals surface area contributed by atoms with E-state index < -0.39 is 46.1 Å². The number of nitrogens with two attached hydrogens (primary N) is 1. The van der Waals surface area contributed by atoms with E-state index in [0.29, 0.717) is 0 Å². The van der Waals surface area contributed by atoms with E-state index in [0.717, 1.165) is 6.20 Å². The van der Waals surface area contributed by atoms with Gasteiger partial charge in [-0.05, 0) is 0 Å². The highest BCUT2D eigenvalue weighted by atomic mass is 19.2. The number of anilines is 1. The molecule has 0 spiro atoms. The molecule has 1 heterocycles. The van der Waals surface area contributed by atoms with Gasteiger partial charge in [0.05, 0.1) is 17.3 Å². The highest BCUT2D eigenvalue weighted by molar-refractivity contribution is 5.73. The second-order valence-electron chi connectivity index (χ2n) is 3.05. The summed E-state index contributed by atoms with van der Waals surface area (Å²) in [6, 6.07) is 0. The van der Waals surface area contributed by atoms with Crippen molar-refractivity contribution in [1.29, 1.82) is 0 Å². The Hall–Kier alpha value is -2.12. The summed E-state index contributed by atoms with van der Waals surface area (Å²) in [7, 11) is 0. The van der Waals surface area contributed by atoms with Crippen molar-refractivity contribution in [3.8, 4) is 11.1 Å². The molecule has 2 N–H and O–H groups in total. The molecule has 0 atom stereocenters. The van der Waals surface area contributed by atoms with Crippen molar-refractivity contribution in [2.75, 3.05) is 5.73 Å². The Morgan fingerprint density at radius 2 is 1.35 bits per heavy atom. The Bertz CT molecular complexity index is 566. The highest BCUT2D eigenvalue weighted by Gasteiger charge is 2.28. The molecule has 0 bridgehead atoms. The number of nitrogens with zero attached hydrogens (tertiary/aromatic N) is 1. The van der Waals surface area contributed by atoms with E-state index in [1.54, 1.807) is 0 Å². The third kappa shape index (κ3) is 1.52. The van der Waals surface area contributed by atoms with E-state index in [1.807, 2.05) is 0 Å². The molecule has 0 saturated carbocycles. The summed E-state index contributed by atoms with van der Waals surface area (Å²) < 4.78 is 69.4. The summed E-state index contributed by atoms with van der Waals surface area (Å²) >= 11 is 0. The third-order valence-electron chi connectivity index (χ3n) is 2.08. The van der Waals surface area contributed by atoms with E-state index in [1.165, 1.54) is 0 Å². The SMILES string of the molecule is Nc1oncc1-c1c(F)c(F)c(F)c(F)c1F. The number of aromatic nitrogens is 1. The van der Waals surface area contributed by atoms with Crippen molar-refractivity contribution in [2.24, 2.45) is 0 Å². The molecule has 90 valence electrons. The Morgan fingerprint density at radius 1 is 0.882 bits per heavy atom. The Balaban J connectivity index is 2.84. The van der Waals surface area contributed by atoms with Gasteiger partial charge in [0.15, 0.2) is 23.3 Å². The molecule has 0 aliphatic rings. The van der Waals surface area contributed by atoms with Crippen LogP contribution in [-0.4, -0.2) is 5.16 Å². The largest absolute Gasteiger partial charge is 0.367 e. The normalized spacial score (nSPS) is 10.9. The number of hydrogen-bond acceptors (Lipinski definition) is 3. The second-order valence-corrected chi connectivity index (χ2v) is 3.05. The minimum atomic E-state index is -2.24. The molecule has 2 rings (SSSR count). The van der Waals surface area contributed by atoms with Crippen LogP contribution >= 0.6 is 0 Å². The predicted molar refractivity (Wildman–Crippen MR) is 46.1 cm³/mol. The molecular formula is C9H3F5N2O. The van der Waals surface area contributed by atoms with Crippen LogP contribution in [0.3, 0.4) is 0 Å². The van der Waals surface area contributed by atoms with Crippen LogP contribution in [-0.2, 0) is 0 Å². The maximum atomic E-state index is 13.3. The van der Waals surface area contributed by atoms with Gasteiger partial charge in [0.25, 0.3) is 0 Å². The molecule has 3 nitrogen and oxygen atoms in total. The van der Waals surface area contributed by atoms with Crippen molar-refractivity contribution >= 4 is 5.88 Å². The molecule has 1 aromatic carbocycles. The van der Waals surface area contributed by atoms with Gasteiger partial charge in [-0.2, -0.15) is 0 Å². The summed E-state index contributed by atoms with van der Waals surface area (Å²) in [5.41, 5.74) is 3.48. The monoisotopic (exact) mass is 250 g/mol. The maximum Gasteiger partial charge on any atom is 0.230 e. The highest BCUT2D eigenvalue weighted by Crippen LogP contribution is 2.34. The molecule has 0 aliphatic carbocycles. The average Bonchev–Trinajstić information content (AvgIpc) is 2.71. The zero-order chi connectivity index (χ0) is 12.7. The van der Waals surface area contributed by atoms with Gasteiger partial charge in [-0.25, -0.2) is 22.0 Å². The van der Waals surface area contributed by atoms with Crippen molar-refractivity contribution < 1.29 is 26.5 Å². The fraction of sp³-hybridized carbons (Fsp3) is 0. The van der Waals surface area contributed by atoms with Crippen LogP contribution in [0.2, 0.25) is 0 Å². The van der Waals surface area contributed by atoms with Crippen molar-refractivity contribution in [3.05, 3.63) is 35.3 Å². The quantitative estimate of drug-likeness (QED) is 0.481. The van der Waals surface area contributed by atoms with Crippen LogP contribution in [0.4, 0.5) is 27.8 Å². The first-order valence-corrected chi connectivity index (χ1v) is 4.17. The van der Waals surface area contributed by atoms with Gasteiger partial charge in [-0.1, -0.05) is 5.16 Å². The first-order chi connectivity index (χ1) is 7.95. The van der Waals surface area contributed by atoms with Crippen LogP contribution < -0.4 is 5.73 Å². The summed E-state index contributed by atoms with van der Waals surface area (Å²) in [4.78, 5) is 0. The summed E-state index contributed by atoms with van der Waals surface area (Å²) in [5.74, 6) is -10.9. The fourth-order valence-electron chi connectivity index (χ4n) is 1.28. The number of hydrogen-bond donors (Lipinski definition) is 1. The zero-order valence-electron chi connectivity index (χ0n) is 7.90. The van der Waals surface area contributed by atoms with Gasteiger partial charge in [0, 0.05) is 0 Å². The van der Waals surface area contributed by atoms with Crippen LogP contribution in [0.25, 0.3) is 11.1 Å². The lowest BCUT2D eigenvalue weighted by molar-refractivity contribution is 0.381. The van der Waals surface area contributed by atoms with Gasteiger partial charge in [0.2, 0.25) is 11.7 Å². The smallest absolute Gasteiger partial charge is 0.230 e. The predicted octanol–water partition coefficient (Wildman–Crippen LogP) is 2.62. The van der Waals surface area contributed by atoms with Gasteiger partial charge in [-0.3, -0.25) is 0 Å². The molecule has 1 aromatic heterocycles. The van der Waals surface area contributed by atoms with Crippen molar-refractivity contribution in [3.63, 3.8) is 0 Å². The fourth-order valence-corrected chi connectivity index (χ4v) is 1.28. The molecule has 0 unspecified atom stereocenters. The molecule has 8 heteroatoms. The maximum absolute atomic E-state index is 13.3. The van der Waals surface area contributed by atoms with Crippen LogP contribution in [0.5, 0.6) is 0 Å². The summed E-state index contributed by atoms with van der Waals surface area (Å²) in [5, 5.41) is 3.09. The molecule has 0 amide bonds. The first kappa shape index (κ1) is 11.4. The van der Waals surface area contributed by atoms with Gasteiger partial charge < -0.3 is 10.3 Å². The molecular weight excluding hydrogens is 247 g/mol. The van der Waals surface area contributed by atoms with E-state index in [4.69, 9.17) is 5.73 Å². The number of rotatable bonds is 1. The Labute approximate surface area is 90.6 Å². The molecule has 0 radical (unpaired) electrons. The molecule has 0 fully saturated rings. The summed E-state index contributed by atoms with van der Waals surface area (Å²) in [6.45, 7) is 0. The van der Waals surface area contributed by atoms with E-state index in [-0.39, 0.29) is 0 Å². The Kier molecular flexibility index (Phi) is 2.49. The number of nitrogen functional groups attached to an aromatic ring is 1. The van der Waals surface area contributed by atoms with Gasteiger partial charge in [-0.15, -0.1) is 0 Å². The van der Waals surface area contributed by atoms with Crippen molar-refractivity contribution in [1.82, 2.24) is 5.16 Å². The van der Waals surface area contributed by atoms with E-state index in [9.17, 15) is 22.0 Å². The molecule has 17 heavy (non-hydrogen) atoms. The van der Waals surface area contributed by atoms with Gasteiger partial charge >= 0.3 is 0 Å². The standard InChI is InChI=1S/C9H3F5N2O/c10-4-3(2-1-16-17-9(2)15)5(11)7(13)8(14)6(4)12/h1H,15H2. The van der Waals surface area contributed by atoms with E-state index >= 15 is 0 Å². The Morgan fingerprint density at radius 3 is 1.76 bits per heavy atom. The van der Waals surface area contributed by atoms with Gasteiger partial charge in [0.1, 0.15) is 0 Å². The minimum absolute atomic E-state index is 0.502. The number of halogens is 5. The topological polar surface area (TPSA) is 52.0 Å². The lowest BCUT2D eigenvalue weighted by atomic mass is 10.1. The zero-order valence-corrected chi connectivity index (χ0v) is 7.90. The summed E-state index contributed by atoms with van der Waals surface area (Å²) in [6.07, 6.45) is 0.758. The van der Waals surface area contributed by atoms with Crippen LogP contribution in [0, 0.1) is 29.1 Å². The van der Waals surface area contributed by atoms with Crippen LogP contribution in [0.1, 0.15) is 0 Å². The number of benzene rings is 1. The minimum Gasteiger partial charge on any atom is -0.367 e. The average molecular weight is 250 g/mol. The lowest BCUT2D eigenvalue weighted by Crippen LogP contribution is -2.04. The lowest BCUT2D eigenvalue weighted by Gasteiger charge is -2.06. The third-order valence-corrected chi connectivity index (χ3v) is 2.08. The first-order valence-electron chi connectivity index (χ1n) is 4.17. The van der Waals surface area contributed by atoms with Crippen LogP contribution in [0.15, 0.2) is 10.7 Å². The molecule has 2 aromatic rings. The van der Waals surface area contributed by atoms with E-state index in [2.05, 4.69) is 9.68 Å². The van der Waals surface area contributed by atoms with Crippen molar-refractivity contribution in [2.45, 2.75) is 0 Å². The molecule has 0 saturated heterocycles. The second kappa shape index (κ2) is 3.72.